The molecule has 0 aliphatic carbocycles. The predicted octanol–water partition coefficient (Wildman–Crippen LogP) is 4.90. The Kier molecular flexibility index (Phi) is 4.35. The van der Waals surface area contributed by atoms with Gasteiger partial charge in [0, 0.05) is 23.0 Å². The summed E-state index contributed by atoms with van der Waals surface area (Å²) in [6.45, 7) is 1.81. The first-order valence-corrected chi connectivity index (χ1v) is 7.94. The van der Waals surface area contributed by atoms with Gasteiger partial charge in [0.1, 0.15) is 5.69 Å². The van der Waals surface area contributed by atoms with Crippen molar-refractivity contribution in [1.82, 2.24) is 4.57 Å². The summed E-state index contributed by atoms with van der Waals surface area (Å²) in [5, 5.41) is 11.1. The summed E-state index contributed by atoms with van der Waals surface area (Å²) in [6, 6.07) is 11.9. The highest BCUT2D eigenvalue weighted by molar-refractivity contribution is 6.42. The molecule has 24 heavy (non-hydrogen) atoms. The van der Waals surface area contributed by atoms with Crippen LogP contribution in [0, 0.1) is 0 Å². The van der Waals surface area contributed by atoms with Crippen molar-refractivity contribution >= 4 is 45.9 Å². The van der Waals surface area contributed by atoms with E-state index in [1.807, 2.05) is 0 Å². The van der Waals surface area contributed by atoms with Crippen LogP contribution in [0.25, 0.3) is 10.9 Å². The molecule has 0 saturated heterocycles. The molecule has 0 aliphatic heterocycles. The molecule has 3 aromatic rings. The molecule has 0 bridgehead atoms. The van der Waals surface area contributed by atoms with E-state index in [1.165, 1.54) is 6.92 Å². The lowest BCUT2D eigenvalue weighted by Crippen LogP contribution is -2.09. The maximum Gasteiger partial charge on any atom is 0.352 e. The van der Waals surface area contributed by atoms with Gasteiger partial charge in [-0.3, -0.25) is 4.79 Å². The van der Waals surface area contributed by atoms with Gasteiger partial charge in [-0.05, 0) is 48.9 Å². The van der Waals surface area contributed by atoms with Crippen LogP contribution in [0.2, 0.25) is 10.0 Å². The highest BCUT2D eigenvalue weighted by Crippen LogP contribution is 2.26. The van der Waals surface area contributed by atoms with Crippen molar-refractivity contribution in [3.8, 4) is 0 Å². The second kappa shape index (κ2) is 6.30. The Bertz CT molecular complexity index is 976. The number of fused-ring (bicyclic) bond motifs is 1. The number of carboxylic acid groups (broad SMARTS) is 1. The van der Waals surface area contributed by atoms with Crippen molar-refractivity contribution in [3.05, 3.63) is 69.3 Å². The summed E-state index contributed by atoms with van der Waals surface area (Å²) in [4.78, 5) is 23.1. The van der Waals surface area contributed by atoms with E-state index in [0.717, 1.165) is 11.1 Å². The van der Waals surface area contributed by atoms with Crippen LogP contribution in [-0.4, -0.2) is 21.4 Å². The highest BCUT2D eigenvalue weighted by atomic mass is 35.5. The second-order valence-electron chi connectivity index (χ2n) is 5.50. The third-order valence-corrected chi connectivity index (χ3v) is 4.59. The Labute approximate surface area is 148 Å². The third-order valence-electron chi connectivity index (χ3n) is 3.85. The van der Waals surface area contributed by atoms with E-state index in [1.54, 1.807) is 47.0 Å². The standard InChI is InChI=1S/C18H13Cl2NO3/c1-10(22)12-3-5-16-13(7-12)8-17(18(23)24)21(16)9-11-2-4-14(19)15(20)6-11/h2-8H,9H2,1H3,(H,23,24). The second-order valence-corrected chi connectivity index (χ2v) is 6.31. The molecule has 3 rings (SSSR count). The number of nitrogens with zero attached hydrogens (tertiary/aromatic N) is 1. The smallest absolute Gasteiger partial charge is 0.352 e. The fourth-order valence-corrected chi connectivity index (χ4v) is 2.98. The molecule has 0 unspecified atom stereocenters. The fourth-order valence-electron chi connectivity index (χ4n) is 2.66. The van der Waals surface area contributed by atoms with Crippen molar-refractivity contribution in [3.63, 3.8) is 0 Å². The van der Waals surface area contributed by atoms with Crippen LogP contribution in [0.15, 0.2) is 42.5 Å². The maximum absolute atomic E-state index is 11.6. The first kappa shape index (κ1) is 16.6. The third kappa shape index (κ3) is 3.03. The van der Waals surface area contributed by atoms with Crippen molar-refractivity contribution in [2.75, 3.05) is 0 Å². The van der Waals surface area contributed by atoms with Crippen molar-refractivity contribution < 1.29 is 14.7 Å². The molecule has 1 heterocycles. The summed E-state index contributed by atoms with van der Waals surface area (Å²) < 4.78 is 1.68. The lowest BCUT2D eigenvalue weighted by molar-refractivity contribution is 0.0686. The van der Waals surface area contributed by atoms with Gasteiger partial charge in [-0.15, -0.1) is 0 Å². The van der Waals surface area contributed by atoms with E-state index in [-0.39, 0.29) is 11.5 Å². The van der Waals surface area contributed by atoms with E-state index in [9.17, 15) is 14.7 Å². The number of hydrogen-bond donors (Lipinski definition) is 1. The van der Waals surface area contributed by atoms with E-state index in [4.69, 9.17) is 23.2 Å². The normalized spacial score (nSPS) is 11.0. The van der Waals surface area contributed by atoms with Gasteiger partial charge < -0.3 is 9.67 Å². The van der Waals surface area contributed by atoms with E-state index in [2.05, 4.69) is 0 Å². The minimum absolute atomic E-state index is 0.0639. The average Bonchev–Trinajstić information content (AvgIpc) is 2.89. The fraction of sp³-hybridized carbons (Fsp3) is 0.111. The number of halogens is 2. The molecule has 1 N–H and O–H groups in total. The molecule has 0 fully saturated rings. The van der Waals surface area contributed by atoms with Crippen LogP contribution in [-0.2, 0) is 6.54 Å². The Hall–Kier alpha value is -2.30. The number of Topliss-reactive ketones (excluding diaryl/α,β-unsaturated/α-hetero) is 1. The van der Waals surface area contributed by atoms with Gasteiger partial charge in [0.25, 0.3) is 0 Å². The summed E-state index contributed by atoms with van der Waals surface area (Å²) in [5.74, 6) is -1.10. The molecule has 0 aliphatic rings. The molecule has 4 nitrogen and oxygen atoms in total. The quantitative estimate of drug-likeness (QED) is 0.672. The van der Waals surface area contributed by atoms with Crippen molar-refractivity contribution in [2.24, 2.45) is 0 Å². The SMILES string of the molecule is CC(=O)c1ccc2c(c1)cc(C(=O)O)n2Cc1ccc(Cl)c(Cl)c1. The monoisotopic (exact) mass is 361 g/mol. The van der Waals surface area contributed by atoms with Crippen LogP contribution in [0.5, 0.6) is 0 Å². The molecular weight excluding hydrogens is 349 g/mol. The summed E-state index contributed by atoms with van der Waals surface area (Å²) in [7, 11) is 0. The van der Waals surface area contributed by atoms with Crippen LogP contribution >= 0.6 is 23.2 Å². The van der Waals surface area contributed by atoms with Crippen LogP contribution in [0.4, 0.5) is 0 Å². The molecule has 0 atom stereocenters. The molecule has 1 aromatic heterocycles. The number of rotatable bonds is 4. The number of aromatic nitrogens is 1. The number of benzene rings is 2. The van der Waals surface area contributed by atoms with Gasteiger partial charge in [0.15, 0.2) is 5.78 Å². The average molecular weight is 362 g/mol. The predicted molar refractivity (Wildman–Crippen MR) is 94.5 cm³/mol. The first-order chi connectivity index (χ1) is 11.4. The molecule has 6 heteroatoms. The van der Waals surface area contributed by atoms with E-state index < -0.39 is 5.97 Å². The highest BCUT2D eigenvalue weighted by Gasteiger charge is 2.16. The van der Waals surface area contributed by atoms with Crippen molar-refractivity contribution in [1.29, 1.82) is 0 Å². The zero-order chi connectivity index (χ0) is 17.4. The number of hydrogen-bond acceptors (Lipinski definition) is 2. The Morgan fingerprint density at radius 1 is 1.04 bits per heavy atom. The topological polar surface area (TPSA) is 59.3 Å². The molecule has 0 amide bonds. The molecule has 2 aromatic carbocycles. The Balaban J connectivity index is 2.14. The molecule has 122 valence electrons. The molecule has 0 spiro atoms. The van der Waals surface area contributed by atoms with Crippen LogP contribution in [0.1, 0.15) is 33.3 Å². The number of carbonyl (C=O) groups is 2. The van der Waals surface area contributed by atoms with Gasteiger partial charge in [-0.25, -0.2) is 4.79 Å². The van der Waals surface area contributed by atoms with Gasteiger partial charge in [0.05, 0.1) is 10.0 Å². The minimum atomic E-state index is -1.03. The van der Waals surface area contributed by atoms with Crippen LogP contribution < -0.4 is 0 Å². The molecule has 0 radical (unpaired) electrons. The maximum atomic E-state index is 11.6. The minimum Gasteiger partial charge on any atom is -0.477 e. The summed E-state index contributed by atoms with van der Waals surface area (Å²) in [6.07, 6.45) is 0. The summed E-state index contributed by atoms with van der Waals surface area (Å²) in [5.41, 5.74) is 2.27. The number of aromatic carboxylic acids is 1. The number of ketones is 1. The van der Waals surface area contributed by atoms with Crippen molar-refractivity contribution in [2.45, 2.75) is 13.5 Å². The molecular formula is C18H13Cl2NO3. The Morgan fingerprint density at radius 3 is 2.42 bits per heavy atom. The molecule has 0 saturated carbocycles. The number of carbonyl (C=O) groups excluding carboxylic acids is 1. The Morgan fingerprint density at radius 2 is 1.79 bits per heavy atom. The number of carboxylic acids is 1. The van der Waals surface area contributed by atoms with Gasteiger partial charge in [-0.1, -0.05) is 29.3 Å². The zero-order valence-corrected chi connectivity index (χ0v) is 14.2. The van der Waals surface area contributed by atoms with Gasteiger partial charge >= 0.3 is 5.97 Å². The lowest BCUT2D eigenvalue weighted by Gasteiger charge is -2.10. The largest absolute Gasteiger partial charge is 0.477 e. The zero-order valence-electron chi connectivity index (χ0n) is 12.7. The summed E-state index contributed by atoms with van der Waals surface area (Å²) >= 11 is 12.0. The first-order valence-electron chi connectivity index (χ1n) is 7.18. The van der Waals surface area contributed by atoms with Gasteiger partial charge in [0.2, 0.25) is 0 Å². The van der Waals surface area contributed by atoms with E-state index in [0.29, 0.717) is 27.5 Å². The van der Waals surface area contributed by atoms with Gasteiger partial charge in [-0.2, -0.15) is 0 Å². The van der Waals surface area contributed by atoms with E-state index >= 15 is 0 Å². The van der Waals surface area contributed by atoms with Crippen LogP contribution in [0.3, 0.4) is 0 Å². The lowest BCUT2D eigenvalue weighted by atomic mass is 10.1.